The number of pyridine rings is 1. The van der Waals surface area contributed by atoms with Crippen molar-refractivity contribution in [3.05, 3.63) is 34.0 Å². The van der Waals surface area contributed by atoms with Crippen molar-refractivity contribution >= 4 is 0 Å². The van der Waals surface area contributed by atoms with Crippen LogP contribution in [0, 0.1) is 5.82 Å². The first-order valence-corrected chi connectivity index (χ1v) is 5.82. The number of rotatable bonds is 4. The fourth-order valence-electron chi connectivity index (χ4n) is 2.08. The Morgan fingerprint density at radius 2 is 2.00 bits per heavy atom. The number of hydrogen-bond donors (Lipinski definition) is 0. The van der Waals surface area contributed by atoms with Gasteiger partial charge in [-0.15, -0.1) is 0 Å². The Labute approximate surface area is 96.1 Å². The number of aryl methyl sites for hydroxylation is 1. The van der Waals surface area contributed by atoms with Crippen LogP contribution in [0.15, 0.2) is 17.1 Å². The molecule has 1 aromatic heterocycles. The number of hydrogen-bond acceptors (Lipinski definition) is 1. The Balaban J connectivity index is 3.33. The molecule has 16 heavy (non-hydrogen) atoms. The van der Waals surface area contributed by atoms with Gasteiger partial charge in [-0.25, -0.2) is 4.39 Å². The van der Waals surface area contributed by atoms with Gasteiger partial charge in [0, 0.05) is 18.3 Å². The number of aromatic nitrogens is 1. The summed E-state index contributed by atoms with van der Waals surface area (Å²) in [6.45, 7) is 8.40. The fourth-order valence-corrected chi connectivity index (χ4v) is 2.08. The monoisotopic (exact) mass is 225 g/mol. The van der Waals surface area contributed by atoms with Gasteiger partial charge in [0.15, 0.2) is 0 Å². The molecule has 0 bridgehead atoms. The van der Waals surface area contributed by atoms with Crippen molar-refractivity contribution in [3.8, 4) is 0 Å². The zero-order valence-corrected chi connectivity index (χ0v) is 10.5. The van der Waals surface area contributed by atoms with Crippen molar-refractivity contribution in [2.75, 3.05) is 0 Å². The largest absolute Gasteiger partial charge is 0.313 e. The quantitative estimate of drug-likeness (QED) is 0.771. The van der Waals surface area contributed by atoms with Crippen LogP contribution in [0.25, 0.3) is 0 Å². The van der Waals surface area contributed by atoms with Crippen LogP contribution in [-0.2, 0) is 12.0 Å². The van der Waals surface area contributed by atoms with Gasteiger partial charge < -0.3 is 4.57 Å². The van der Waals surface area contributed by atoms with Gasteiger partial charge in [0.2, 0.25) is 0 Å². The maximum atomic E-state index is 13.4. The van der Waals surface area contributed by atoms with E-state index in [1.54, 1.807) is 0 Å². The Bertz CT molecular complexity index is 420. The molecule has 0 aliphatic rings. The second-order valence-electron chi connectivity index (χ2n) is 4.80. The Morgan fingerprint density at radius 1 is 1.38 bits per heavy atom. The van der Waals surface area contributed by atoms with Gasteiger partial charge in [0.05, 0.1) is 0 Å². The standard InChI is InChI=1S/C13H20FNO/c1-5-7-13(3,4)11-8-10(14)9-15(6-2)12(11)16/h8-9H,5-7H2,1-4H3. The predicted molar refractivity (Wildman–Crippen MR) is 64.3 cm³/mol. The summed E-state index contributed by atoms with van der Waals surface area (Å²) >= 11 is 0. The van der Waals surface area contributed by atoms with Gasteiger partial charge >= 0.3 is 0 Å². The zero-order chi connectivity index (χ0) is 12.3. The van der Waals surface area contributed by atoms with E-state index in [9.17, 15) is 9.18 Å². The normalized spacial score (nSPS) is 11.8. The van der Waals surface area contributed by atoms with Crippen LogP contribution in [0.5, 0.6) is 0 Å². The topological polar surface area (TPSA) is 22.0 Å². The molecule has 0 aliphatic heterocycles. The van der Waals surface area contributed by atoms with Gasteiger partial charge in [-0.1, -0.05) is 27.2 Å². The Hall–Kier alpha value is -1.12. The van der Waals surface area contributed by atoms with E-state index in [0.29, 0.717) is 12.1 Å². The first kappa shape index (κ1) is 12.9. The van der Waals surface area contributed by atoms with Crippen molar-refractivity contribution in [3.63, 3.8) is 0 Å². The third kappa shape index (κ3) is 2.52. The van der Waals surface area contributed by atoms with Gasteiger partial charge in [0.1, 0.15) is 5.82 Å². The highest BCUT2D eigenvalue weighted by Gasteiger charge is 2.24. The van der Waals surface area contributed by atoms with E-state index in [-0.39, 0.29) is 16.8 Å². The molecule has 3 heteroatoms. The van der Waals surface area contributed by atoms with Crippen LogP contribution in [0.3, 0.4) is 0 Å². The highest BCUT2D eigenvalue weighted by atomic mass is 19.1. The minimum absolute atomic E-state index is 0.0673. The highest BCUT2D eigenvalue weighted by Crippen LogP contribution is 2.26. The van der Waals surface area contributed by atoms with Crippen molar-refractivity contribution < 1.29 is 4.39 Å². The van der Waals surface area contributed by atoms with Gasteiger partial charge in [0.25, 0.3) is 5.56 Å². The second-order valence-corrected chi connectivity index (χ2v) is 4.80. The molecule has 0 spiro atoms. The molecular weight excluding hydrogens is 205 g/mol. The maximum absolute atomic E-state index is 13.4. The number of nitrogens with zero attached hydrogens (tertiary/aromatic N) is 1. The third-order valence-corrected chi connectivity index (χ3v) is 3.00. The molecule has 0 radical (unpaired) electrons. The molecule has 1 aromatic rings. The summed E-state index contributed by atoms with van der Waals surface area (Å²) in [5.74, 6) is -0.333. The summed E-state index contributed by atoms with van der Waals surface area (Å²) in [5, 5.41) is 0. The lowest BCUT2D eigenvalue weighted by molar-refractivity contribution is 0.455. The van der Waals surface area contributed by atoms with E-state index in [2.05, 4.69) is 6.92 Å². The lowest BCUT2D eigenvalue weighted by Gasteiger charge is -2.24. The first-order chi connectivity index (χ1) is 7.42. The van der Waals surface area contributed by atoms with Crippen molar-refractivity contribution in [2.45, 2.75) is 52.5 Å². The average Bonchev–Trinajstić information content (AvgIpc) is 2.20. The second kappa shape index (κ2) is 4.81. The van der Waals surface area contributed by atoms with E-state index in [1.807, 2.05) is 20.8 Å². The number of halogens is 1. The summed E-state index contributed by atoms with van der Waals surface area (Å²) < 4.78 is 14.8. The highest BCUT2D eigenvalue weighted by molar-refractivity contribution is 5.21. The van der Waals surface area contributed by atoms with Crippen LogP contribution in [0.1, 0.15) is 46.1 Å². The minimum atomic E-state index is -0.333. The van der Waals surface area contributed by atoms with Crippen LogP contribution in [0.4, 0.5) is 4.39 Å². The Morgan fingerprint density at radius 3 is 2.50 bits per heavy atom. The van der Waals surface area contributed by atoms with Crippen LogP contribution in [-0.4, -0.2) is 4.57 Å². The van der Waals surface area contributed by atoms with E-state index >= 15 is 0 Å². The molecule has 0 N–H and O–H groups in total. The fraction of sp³-hybridized carbons (Fsp3) is 0.615. The van der Waals surface area contributed by atoms with Crippen LogP contribution in [0.2, 0.25) is 0 Å². The molecule has 0 saturated carbocycles. The lowest BCUT2D eigenvalue weighted by Crippen LogP contribution is -2.32. The minimum Gasteiger partial charge on any atom is -0.313 e. The zero-order valence-electron chi connectivity index (χ0n) is 10.5. The first-order valence-electron chi connectivity index (χ1n) is 5.82. The molecule has 0 unspecified atom stereocenters. The van der Waals surface area contributed by atoms with Crippen molar-refractivity contribution in [2.24, 2.45) is 0 Å². The molecule has 1 heterocycles. The Kier molecular flexibility index (Phi) is 3.89. The van der Waals surface area contributed by atoms with E-state index in [0.717, 1.165) is 12.8 Å². The molecule has 0 amide bonds. The molecule has 0 aliphatic carbocycles. The molecule has 90 valence electrons. The van der Waals surface area contributed by atoms with Crippen LogP contribution >= 0.6 is 0 Å². The summed E-state index contributed by atoms with van der Waals surface area (Å²) in [6, 6.07) is 1.38. The molecule has 1 rings (SSSR count). The van der Waals surface area contributed by atoms with Gasteiger partial charge in [-0.05, 0) is 24.8 Å². The third-order valence-electron chi connectivity index (χ3n) is 3.00. The smallest absolute Gasteiger partial charge is 0.254 e. The predicted octanol–water partition coefficient (Wildman–Crippen LogP) is 3.09. The molecule has 2 nitrogen and oxygen atoms in total. The summed E-state index contributed by atoms with van der Waals surface area (Å²) in [7, 11) is 0. The summed E-state index contributed by atoms with van der Waals surface area (Å²) in [5.41, 5.74) is 0.253. The maximum Gasteiger partial charge on any atom is 0.254 e. The van der Waals surface area contributed by atoms with E-state index in [4.69, 9.17) is 0 Å². The molecular formula is C13H20FNO. The van der Waals surface area contributed by atoms with Gasteiger partial charge in [-0.2, -0.15) is 0 Å². The summed E-state index contributed by atoms with van der Waals surface area (Å²) in [6.07, 6.45) is 3.14. The molecule has 0 saturated heterocycles. The summed E-state index contributed by atoms with van der Waals surface area (Å²) in [4.78, 5) is 12.1. The SMILES string of the molecule is CCCC(C)(C)c1cc(F)cn(CC)c1=O. The lowest BCUT2D eigenvalue weighted by atomic mass is 9.81. The average molecular weight is 225 g/mol. The molecule has 0 fully saturated rings. The van der Waals surface area contributed by atoms with Crippen LogP contribution < -0.4 is 5.56 Å². The molecule has 0 atom stereocenters. The van der Waals surface area contributed by atoms with E-state index in [1.165, 1.54) is 16.8 Å². The van der Waals surface area contributed by atoms with Crippen molar-refractivity contribution in [1.29, 1.82) is 0 Å². The molecule has 0 aromatic carbocycles. The van der Waals surface area contributed by atoms with Crippen molar-refractivity contribution in [1.82, 2.24) is 4.57 Å². The van der Waals surface area contributed by atoms with Gasteiger partial charge in [-0.3, -0.25) is 4.79 Å². The van der Waals surface area contributed by atoms with E-state index < -0.39 is 0 Å².